The van der Waals surface area contributed by atoms with Gasteiger partial charge in [-0.15, -0.1) is 0 Å². The molecule has 1 atom stereocenters. The zero-order valence-corrected chi connectivity index (χ0v) is 20.8. The first-order chi connectivity index (χ1) is 17.3. The van der Waals surface area contributed by atoms with Gasteiger partial charge in [0.2, 0.25) is 5.69 Å². The molecule has 36 heavy (non-hydrogen) atoms. The Morgan fingerprint density at radius 3 is 2.50 bits per heavy atom. The molecule has 0 bridgehead atoms. The van der Waals surface area contributed by atoms with Gasteiger partial charge in [0.05, 0.1) is 25.4 Å². The molecular formula is C27H25ClN4O4. The van der Waals surface area contributed by atoms with E-state index in [9.17, 15) is 14.4 Å². The fourth-order valence-electron chi connectivity index (χ4n) is 3.72. The minimum absolute atomic E-state index is 0.0779. The number of halogens is 1. The highest BCUT2D eigenvalue weighted by atomic mass is 35.5. The summed E-state index contributed by atoms with van der Waals surface area (Å²) in [5, 5.41) is 7.40. The van der Waals surface area contributed by atoms with E-state index in [0.717, 1.165) is 20.4 Å². The maximum atomic E-state index is 13.4. The van der Waals surface area contributed by atoms with Gasteiger partial charge in [-0.25, -0.2) is 4.79 Å². The van der Waals surface area contributed by atoms with E-state index in [1.807, 2.05) is 37.3 Å². The number of amides is 1. The van der Waals surface area contributed by atoms with Crippen molar-refractivity contribution in [3.8, 4) is 11.4 Å². The molecule has 1 aromatic heterocycles. The highest BCUT2D eigenvalue weighted by Gasteiger charge is 2.22. The van der Waals surface area contributed by atoms with E-state index in [1.54, 1.807) is 49.4 Å². The summed E-state index contributed by atoms with van der Waals surface area (Å²) in [7, 11) is 1.53. The third kappa shape index (κ3) is 5.23. The molecule has 184 valence electrons. The summed E-state index contributed by atoms with van der Waals surface area (Å²) in [5.41, 5.74) is 0.758. The summed E-state index contributed by atoms with van der Waals surface area (Å²) in [6.07, 6.45) is 0. The molecule has 0 aliphatic carbocycles. The second kappa shape index (κ2) is 10.6. The largest absolute Gasteiger partial charge is 0.497 e. The number of nitrogens with one attached hydrogen (secondary N) is 1. The summed E-state index contributed by atoms with van der Waals surface area (Å²) in [6.45, 7) is 3.55. The van der Waals surface area contributed by atoms with E-state index >= 15 is 0 Å². The predicted molar refractivity (Wildman–Crippen MR) is 138 cm³/mol. The fraction of sp³-hybridized carbons (Fsp3) is 0.185. The summed E-state index contributed by atoms with van der Waals surface area (Å²) in [5.74, 6) is -0.113. The van der Waals surface area contributed by atoms with Crippen LogP contribution in [0.3, 0.4) is 0 Å². The second-order valence-corrected chi connectivity index (χ2v) is 8.73. The first-order valence-corrected chi connectivity index (χ1v) is 11.7. The normalized spacial score (nSPS) is 11.7. The van der Waals surface area contributed by atoms with Crippen molar-refractivity contribution in [3.63, 3.8) is 0 Å². The lowest BCUT2D eigenvalue weighted by Crippen LogP contribution is -2.46. The Morgan fingerprint density at radius 2 is 1.81 bits per heavy atom. The standard InChI is InChI=1S/C27H25ClN4O4/c1-17-12-13-21(15-23(17)28)32-27(35)31(16-19-8-7-11-22(14-19)36-3)26(34)24(30-32)25(33)29-18(2)20-9-5-4-6-10-20/h4-15,18H,16H2,1-3H3,(H,29,33). The molecule has 0 aliphatic heterocycles. The SMILES string of the molecule is COc1cccc(Cn2c(=O)c(C(=O)NC(C)c3ccccc3)nn(-c3ccc(C)c(Cl)c3)c2=O)c1. The molecule has 1 amide bonds. The molecule has 1 heterocycles. The summed E-state index contributed by atoms with van der Waals surface area (Å²) < 4.78 is 7.26. The van der Waals surface area contributed by atoms with Crippen molar-refractivity contribution in [3.05, 3.63) is 121 Å². The van der Waals surface area contributed by atoms with Crippen molar-refractivity contribution in [2.45, 2.75) is 26.4 Å². The average Bonchev–Trinajstić information content (AvgIpc) is 2.89. The maximum absolute atomic E-state index is 13.4. The lowest BCUT2D eigenvalue weighted by molar-refractivity contribution is 0.0930. The van der Waals surface area contributed by atoms with Crippen molar-refractivity contribution in [2.75, 3.05) is 7.11 Å². The molecule has 4 aromatic rings. The van der Waals surface area contributed by atoms with E-state index in [2.05, 4.69) is 10.4 Å². The third-order valence-electron chi connectivity index (χ3n) is 5.80. The monoisotopic (exact) mass is 504 g/mol. The number of hydrogen-bond acceptors (Lipinski definition) is 5. The summed E-state index contributed by atoms with van der Waals surface area (Å²) in [6, 6.07) is 20.9. The number of aromatic nitrogens is 3. The van der Waals surface area contributed by atoms with Crippen LogP contribution in [-0.4, -0.2) is 27.4 Å². The lowest BCUT2D eigenvalue weighted by atomic mass is 10.1. The topological polar surface area (TPSA) is 95.2 Å². The molecule has 8 nitrogen and oxygen atoms in total. The van der Waals surface area contributed by atoms with Crippen LogP contribution >= 0.6 is 11.6 Å². The molecular weight excluding hydrogens is 480 g/mol. The molecule has 3 aromatic carbocycles. The Morgan fingerprint density at radius 1 is 1.06 bits per heavy atom. The van der Waals surface area contributed by atoms with E-state index < -0.39 is 22.9 Å². The van der Waals surface area contributed by atoms with E-state index in [0.29, 0.717) is 22.0 Å². The summed E-state index contributed by atoms with van der Waals surface area (Å²) in [4.78, 5) is 40.0. The fourth-order valence-corrected chi connectivity index (χ4v) is 3.90. The van der Waals surface area contributed by atoms with Crippen LogP contribution in [0.15, 0.2) is 82.4 Å². The van der Waals surface area contributed by atoms with E-state index in [-0.39, 0.29) is 12.6 Å². The van der Waals surface area contributed by atoms with Gasteiger partial charge in [-0.2, -0.15) is 9.78 Å². The number of carbonyl (C=O) groups is 1. The predicted octanol–water partition coefficient (Wildman–Crippen LogP) is 3.90. The number of hydrogen-bond donors (Lipinski definition) is 1. The number of rotatable bonds is 7. The molecule has 0 spiro atoms. The van der Waals surface area contributed by atoms with Gasteiger partial charge in [-0.3, -0.25) is 14.2 Å². The second-order valence-electron chi connectivity index (χ2n) is 8.33. The number of aryl methyl sites for hydroxylation is 1. The number of benzene rings is 3. The quantitative estimate of drug-likeness (QED) is 0.412. The lowest BCUT2D eigenvalue weighted by Gasteiger charge is -2.16. The number of methoxy groups -OCH3 is 1. The Kier molecular flexibility index (Phi) is 7.36. The summed E-state index contributed by atoms with van der Waals surface area (Å²) >= 11 is 6.28. The molecule has 4 rings (SSSR count). The van der Waals surface area contributed by atoms with Crippen LogP contribution in [0.5, 0.6) is 5.75 Å². The van der Waals surface area contributed by atoms with Gasteiger partial charge in [0, 0.05) is 5.02 Å². The molecule has 0 saturated carbocycles. The molecule has 0 fully saturated rings. The maximum Gasteiger partial charge on any atom is 0.352 e. The van der Waals surface area contributed by atoms with E-state index in [1.165, 1.54) is 7.11 Å². The van der Waals surface area contributed by atoms with Gasteiger partial charge >= 0.3 is 5.69 Å². The number of nitrogens with zero attached hydrogens (tertiary/aromatic N) is 3. The van der Waals surface area contributed by atoms with Crippen LogP contribution in [0.25, 0.3) is 5.69 Å². The minimum Gasteiger partial charge on any atom is -0.497 e. The van der Waals surface area contributed by atoms with Gasteiger partial charge in [0.1, 0.15) is 5.75 Å². The number of ether oxygens (including phenoxy) is 1. The van der Waals surface area contributed by atoms with Crippen LogP contribution in [0.4, 0.5) is 0 Å². The van der Waals surface area contributed by atoms with Crippen LogP contribution in [-0.2, 0) is 6.54 Å². The molecule has 9 heteroatoms. The van der Waals surface area contributed by atoms with Crippen LogP contribution in [0.2, 0.25) is 5.02 Å². The van der Waals surface area contributed by atoms with Crippen molar-refractivity contribution in [1.29, 1.82) is 0 Å². The smallest absolute Gasteiger partial charge is 0.352 e. The van der Waals surface area contributed by atoms with Gasteiger partial charge < -0.3 is 10.1 Å². The average molecular weight is 505 g/mol. The Hall–Kier alpha value is -4.17. The van der Waals surface area contributed by atoms with Crippen LogP contribution < -0.4 is 21.3 Å². The highest BCUT2D eigenvalue weighted by molar-refractivity contribution is 6.31. The number of carbonyl (C=O) groups excluding carboxylic acids is 1. The molecule has 0 aliphatic rings. The van der Waals surface area contributed by atoms with Crippen molar-refractivity contribution >= 4 is 17.5 Å². The van der Waals surface area contributed by atoms with Gasteiger partial charge in [-0.05, 0) is 54.8 Å². The highest BCUT2D eigenvalue weighted by Crippen LogP contribution is 2.18. The third-order valence-corrected chi connectivity index (χ3v) is 6.20. The Balaban J connectivity index is 1.83. The van der Waals surface area contributed by atoms with Gasteiger partial charge in [0.15, 0.2) is 0 Å². The first kappa shape index (κ1) is 24.9. The van der Waals surface area contributed by atoms with Crippen molar-refractivity contribution in [2.24, 2.45) is 0 Å². The Labute approximate surface area is 212 Å². The van der Waals surface area contributed by atoms with Crippen LogP contribution in [0.1, 0.15) is 40.1 Å². The minimum atomic E-state index is -0.796. The zero-order valence-electron chi connectivity index (χ0n) is 20.1. The molecule has 0 radical (unpaired) electrons. The van der Waals surface area contributed by atoms with Crippen molar-refractivity contribution in [1.82, 2.24) is 19.7 Å². The van der Waals surface area contributed by atoms with Gasteiger partial charge in [-0.1, -0.05) is 60.1 Å². The van der Waals surface area contributed by atoms with Crippen LogP contribution in [0, 0.1) is 6.92 Å². The van der Waals surface area contributed by atoms with Gasteiger partial charge in [0.25, 0.3) is 11.5 Å². The van der Waals surface area contributed by atoms with Crippen molar-refractivity contribution < 1.29 is 9.53 Å². The zero-order chi connectivity index (χ0) is 25.8. The Bertz CT molecular complexity index is 1530. The van der Waals surface area contributed by atoms with E-state index in [4.69, 9.17) is 16.3 Å². The molecule has 0 saturated heterocycles. The first-order valence-electron chi connectivity index (χ1n) is 11.3. The molecule has 1 unspecified atom stereocenters. The molecule has 1 N–H and O–H groups in total.